The zero-order valence-electron chi connectivity index (χ0n) is 11.1. The monoisotopic (exact) mass is 287 g/mol. The minimum atomic E-state index is -4.42. The highest BCUT2D eigenvalue weighted by Crippen LogP contribution is 2.35. The first-order valence-corrected chi connectivity index (χ1v) is 6.39. The number of nitrogens with zero attached hydrogens (tertiary/aromatic N) is 1. The first-order valence-electron chi connectivity index (χ1n) is 6.39. The molecule has 110 valence electrons. The predicted molar refractivity (Wildman–Crippen MR) is 67.1 cm³/mol. The van der Waals surface area contributed by atoms with Gasteiger partial charge in [-0.1, -0.05) is 18.2 Å². The third-order valence-electron chi connectivity index (χ3n) is 3.93. The Balaban J connectivity index is 2.29. The van der Waals surface area contributed by atoms with E-state index in [-0.39, 0.29) is 12.1 Å². The maximum absolute atomic E-state index is 12.9. The maximum atomic E-state index is 12.9. The molecule has 1 heterocycles. The van der Waals surface area contributed by atoms with Crippen LogP contribution in [0.15, 0.2) is 24.3 Å². The molecule has 20 heavy (non-hydrogen) atoms. The molecule has 3 nitrogen and oxygen atoms in total. The molecule has 1 fully saturated rings. The summed E-state index contributed by atoms with van der Waals surface area (Å²) in [4.78, 5) is 13.0. The molecule has 0 radical (unpaired) electrons. The molecular formula is C14H16F3NO2. The van der Waals surface area contributed by atoms with E-state index in [0.29, 0.717) is 19.4 Å². The van der Waals surface area contributed by atoms with Crippen LogP contribution < -0.4 is 0 Å². The first kappa shape index (κ1) is 14.8. The number of carbonyl (C=O) groups is 1. The molecule has 0 amide bonds. The number of hydrogen-bond donors (Lipinski definition) is 1. The van der Waals surface area contributed by atoms with Crippen LogP contribution in [0.25, 0.3) is 0 Å². The average molecular weight is 287 g/mol. The lowest BCUT2D eigenvalue weighted by Crippen LogP contribution is -2.47. The van der Waals surface area contributed by atoms with E-state index >= 15 is 0 Å². The van der Waals surface area contributed by atoms with E-state index in [1.54, 1.807) is 17.9 Å². The molecule has 0 saturated carbocycles. The first-order chi connectivity index (χ1) is 9.25. The Hall–Kier alpha value is -1.56. The van der Waals surface area contributed by atoms with Gasteiger partial charge in [0.25, 0.3) is 0 Å². The van der Waals surface area contributed by atoms with Gasteiger partial charge in [0, 0.05) is 6.54 Å². The quantitative estimate of drug-likeness (QED) is 0.928. The van der Waals surface area contributed by atoms with Crippen LogP contribution in [0, 0.1) is 0 Å². The summed E-state index contributed by atoms with van der Waals surface area (Å²) in [5.41, 5.74) is -1.66. The molecule has 1 aliphatic rings. The van der Waals surface area contributed by atoms with Gasteiger partial charge in [0.05, 0.1) is 5.56 Å². The third kappa shape index (κ3) is 2.65. The second-order valence-corrected chi connectivity index (χ2v) is 5.26. The summed E-state index contributed by atoms with van der Waals surface area (Å²) in [6.45, 7) is 2.06. The van der Waals surface area contributed by atoms with E-state index in [9.17, 15) is 23.1 Å². The van der Waals surface area contributed by atoms with Crippen molar-refractivity contribution < 1.29 is 23.1 Å². The lowest BCUT2D eigenvalue weighted by atomic mass is 9.98. The van der Waals surface area contributed by atoms with Crippen molar-refractivity contribution in [2.75, 3.05) is 6.54 Å². The highest BCUT2D eigenvalue weighted by Gasteiger charge is 2.44. The zero-order chi connectivity index (χ0) is 15.0. The van der Waals surface area contributed by atoms with E-state index < -0.39 is 23.2 Å². The molecule has 1 aliphatic heterocycles. The molecule has 0 bridgehead atoms. The van der Waals surface area contributed by atoms with Gasteiger partial charge in [-0.2, -0.15) is 13.2 Å². The summed E-state index contributed by atoms with van der Waals surface area (Å²) in [6, 6.07) is 5.32. The highest BCUT2D eigenvalue weighted by molar-refractivity contribution is 5.78. The number of carboxylic acids is 1. The SMILES string of the molecule is CC1(C(=O)O)CCCN1Cc1ccccc1C(F)(F)F. The van der Waals surface area contributed by atoms with Crippen LogP contribution >= 0.6 is 0 Å². The molecule has 6 heteroatoms. The Bertz CT molecular complexity index is 515. The van der Waals surface area contributed by atoms with Crippen molar-refractivity contribution in [3.05, 3.63) is 35.4 Å². The van der Waals surface area contributed by atoms with Gasteiger partial charge in [-0.05, 0) is 37.9 Å². The second kappa shape index (κ2) is 5.09. The van der Waals surface area contributed by atoms with Crippen molar-refractivity contribution in [1.82, 2.24) is 4.90 Å². The van der Waals surface area contributed by atoms with E-state index in [2.05, 4.69) is 0 Å². The van der Waals surface area contributed by atoms with E-state index in [4.69, 9.17) is 0 Å². The number of carboxylic acid groups (broad SMARTS) is 1. The normalized spacial score (nSPS) is 24.0. The maximum Gasteiger partial charge on any atom is 0.416 e. The van der Waals surface area contributed by atoms with Gasteiger partial charge in [-0.15, -0.1) is 0 Å². The van der Waals surface area contributed by atoms with Crippen LogP contribution in [-0.2, 0) is 17.5 Å². The molecule has 0 spiro atoms. The molecule has 1 N–H and O–H groups in total. The molecule has 1 aromatic rings. The van der Waals surface area contributed by atoms with Crippen LogP contribution in [0.4, 0.5) is 13.2 Å². The largest absolute Gasteiger partial charge is 0.480 e. The predicted octanol–water partition coefficient (Wildman–Crippen LogP) is 3.14. The molecule has 1 unspecified atom stereocenters. The molecule has 1 atom stereocenters. The fraction of sp³-hybridized carbons (Fsp3) is 0.500. The Kier molecular flexibility index (Phi) is 3.77. The number of rotatable bonds is 3. The fourth-order valence-electron chi connectivity index (χ4n) is 2.66. The summed E-state index contributed by atoms with van der Waals surface area (Å²) in [7, 11) is 0. The second-order valence-electron chi connectivity index (χ2n) is 5.26. The van der Waals surface area contributed by atoms with Crippen molar-refractivity contribution in [2.45, 2.75) is 38.0 Å². The van der Waals surface area contributed by atoms with E-state index in [0.717, 1.165) is 6.07 Å². The van der Waals surface area contributed by atoms with Crippen molar-refractivity contribution in [1.29, 1.82) is 0 Å². The van der Waals surface area contributed by atoms with Crippen LogP contribution in [0.3, 0.4) is 0 Å². The number of benzene rings is 1. The van der Waals surface area contributed by atoms with Gasteiger partial charge in [0.15, 0.2) is 0 Å². The van der Waals surface area contributed by atoms with Gasteiger partial charge in [-0.3, -0.25) is 9.69 Å². The van der Waals surface area contributed by atoms with Gasteiger partial charge in [0.1, 0.15) is 5.54 Å². The van der Waals surface area contributed by atoms with Crippen molar-refractivity contribution >= 4 is 5.97 Å². The van der Waals surface area contributed by atoms with Crippen LogP contribution in [0.1, 0.15) is 30.9 Å². The number of likely N-dealkylation sites (tertiary alicyclic amines) is 1. The summed E-state index contributed by atoms with van der Waals surface area (Å²) >= 11 is 0. The number of halogens is 3. The van der Waals surface area contributed by atoms with Crippen LogP contribution in [0.5, 0.6) is 0 Å². The van der Waals surface area contributed by atoms with Crippen molar-refractivity contribution in [3.63, 3.8) is 0 Å². The Morgan fingerprint density at radius 3 is 2.65 bits per heavy atom. The lowest BCUT2D eigenvalue weighted by Gasteiger charge is -2.31. The van der Waals surface area contributed by atoms with E-state index in [1.165, 1.54) is 12.1 Å². The number of hydrogen-bond acceptors (Lipinski definition) is 2. The Morgan fingerprint density at radius 1 is 1.40 bits per heavy atom. The highest BCUT2D eigenvalue weighted by atomic mass is 19.4. The Morgan fingerprint density at radius 2 is 2.05 bits per heavy atom. The molecule has 1 aromatic carbocycles. The smallest absolute Gasteiger partial charge is 0.416 e. The van der Waals surface area contributed by atoms with Gasteiger partial charge in [-0.25, -0.2) is 0 Å². The van der Waals surface area contributed by atoms with Gasteiger partial charge >= 0.3 is 12.1 Å². The zero-order valence-corrected chi connectivity index (χ0v) is 11.1. The fourth-order valence-corrected chi connectivity index (χ4v) is 2.66. The summed E-state index contributed by atoms with van der Waals surface area (Å²) in [6.07, 6.45) is -3.29. The molecule has 2 rings (SSSR count). The van der Waals surface area contributed by atoms with Crippen molar-refractivity contribution in [3.8, 4) is 0 Å². The Labute approximate surface area is 115 Å². The molecule has 0 aliphatic carbocycles. The number of alkyl halides is 3. The molecule has 0 aromatic heterocycles. The summed E-state index contributed by atoms with van der Waals surface area (Å²) in [5.74, 6) is -0.987. The number of aliphatic carboxylic acids is 1. The van der Waals surface area contributed by atoms with Gasteiger partial charge < -0.3 is 5.11 Å². The topological polar surface area (TPSA) is 40.5 Å². The molecule has 1 saturated heterocycles. The van der Waals surface area contributed by atoms with Crippen LogP contribution in [-0.4, -0.2) is 28.1 Å². The minimum absolute atomic E-state index is 0.00150. The average Bonchev–Trinajstić information content (AvgIpc) is 2.72. The standard InChI is InChI=1S/C14H16F3NO2/c1-13(12(19)20)7-4-8-18(13)9-10-5-2-3-6-11(10)14(15,16)17/h2-3,5-6H,4,7-9H2,1H3,(H,19,20). The van der Waals surface area contributed by atoms with Gasteiger partial charge in [0.2, 0.25) is 0 Å². The summed E-state index contributed by atoms with van der Waals surface area (Å²) < 4.78 is 38.8. The third-order valence-corrected chi connectivity index (χ3v) is 3.93. The van der Waals surface area contributed by atoms with Crippen molar-refractivity contribution in [2.24, 2.45) is 0 Å². The summed E-state index contributed by atoms with van der Waals surface area (Å²) in [5, 5.41) is 9.29. The molecular weight excluding hydrogens is 271 g/mol. The lowest BCUT2D eigenvalue weighted by molar-refractivity contribution is -0.149. The van der Waals surface area contributed by atoms with Crippen LogP contribution in [0.2, 0.25) is 0 Å². The minimum Gasteiger partial charge on any atom is -0.480 e. The van der Waals surface area contributed by atoms with E-state index in [1.807, 2.05) is 0 Å².